The van der Waals surface area contributed by atoms with Gasteiger partial charge in [0, 0.05) is 13.6 Å². The van der Waals surface area contributed by atoms with Gasteiger partial charge in [-0.15, -0.1) is 15.3 Å². The van der Waals surface area contributed by atoms with Crippen molar-refractivity contribution < 1.29 is 0 Å². The van der Waals surface area contributed by atoms with E-state index >= 15 is 0 Å². The van der Waals surface area contributed by atoms with Crippen LogP contribution in [0.2, 0.25) is 0 Å². The Bertz CT molecular complexity index is 430. The molecule has 1 N–H and O–H groups in total. The maximum atomic E-state index is 4.01. The van der Waals surface area contributed by atoms with Crippen LogP contribution < -0.4 is 5.32 Å². The van der Waals surface area contributed by atoms with Gasteiger partial charge in [0.25, 0.3) is 0 Å². The standard InChI is InChI=1S/C8H13N7/c1-9-3-7-4-15(13-11-7)5-8-12-10-6-14(8)2/h4,6,9H,3,5H2,1-2H3. The van der Waals surface area contributed by atoms with E-state index in [1.165, 1.54) is 0 Å². The lowest BCUT2D eigenvalue weighted by Gasteiger charge is -1.98. The first-order valence-corrected chi connectivity index (χ1v) is 4.66. The van der Waals surface area contributed by atoms with Crippen LogP contribution >= 0.6 is 0 Å². The van der Waals surface area contributed by atoms with E-state index in [2.05, 4.69) is 25.8 Å². The Morgan fingerprint density at radius 1 is 1.40 bits per heavy atom. The van der Waals surface area contributed by atoms with Crippen LogP contribution in [0.1, 0.15) is 11.5 Å². The highest BCUT2D eigenvalue weighted by atomic mass is 15.4. The third kappa shape index (κ3) is 2.18. The van der Waals surface area contributed by atoms with E-state index < -0.39 is 0 Å². The Balaban J connectivity index is 2.08. The smallest absolute Gasteiger partial charge is 0.154 e. The van der Waals surface area contributed by atoms with Gasteiger partial charge in [-0.3, -0.25) is 0 Å². The Kier molecular flexibility index (Phi) is 2.72. The van der Waals surface area contributed by atoms with Crippen LogP contribution in [-0.4, -0.2) is 36.8 Å². The molecular formula is C8H13N7. The highest BCUT2D eigenvalue weighted by Crippen LogP contribution is 1.97. The van der Waals surface area contributed by atoms with Gasteiger partial charge in [-0.1, -0.05) is 5.21 Å². The number of rotatable bonds is 4. The fraction of sp³-hybridized carbons (Fsp3) is 0.500. The van der Waals surface area contributed by atoms with E-state index in [4.69, 9.17) is 0 Å². The van der Waals surface area contributed by atoms with Crippen molar-refractivity contribution in [2.24, 2.45) is 7.05 Å². The van der Waals surface area contributed by atoms with Crippen molar-refractivity contribution in [3.05, 3.63) is 24.0 Å². The average molecular weight is 207 g/mol. The van der Waals surface area contributed by atoms with Crippen LogP contribution in [-0.2, 0) is 20.1 Å². The zero-order valence-electron chi connectivity index (χ0n) is 8.75. The lowest BCUT2D eigenvalue weighted by molar-refractivity contribution is 0.605. The number of nitrogens with zero attached hydrogens (tertiary/aromatic N) is 6. The van der Waals surface area contributed by atoms with Crippen molar-refractivity contribution >= 4 is 0 Å². The summed E-state index contributed by atoms with van der Waals surface area (Å²) in [5.74, 6) is 0.857. The second-order valence-electron chi connectivity index (χ2n) is 3.30. The first-order chi connectivity index (χ1) is 7.29. The molecule has 2 aromatic heterocycles. The van der Waals surface area contributed by atoms with E-state index in [0.717, 1.165) is 18.1 Å². The molecule has 2 heterocycles. The van der Waals surface area contributed by atoms with Crippen LogP contribution in [0.4, 0.5) is 0 Å². The van der Waals surface area contributed by atoms with E-state index in [1.54, 1.807) is 11.0 Å². The van der Waals surface area contributed by atoms with Gasteiger partial charge in [0.2, 0.25) is 0 Å². The summed E-state index contributed by atoms with van der Waals surface area (Å²) >= 11 is 0. The molecule has 0 aliphatic heterocycles. The minimum atomic E-state index is 0.590. The molecule has 0 fully saturated rings. The predicted molar refractivity (Wildman–Crippen MR) is 52.9 cm³/mol. The van der Waals surface area contributed by atoms with Crippen molar-refractivity contribution in [3.8, 4) is 0 Å². The van der Waals surface area contributed by atoms with Gasteiger partial charge in [-0.2, -0.15) is 0 Å². The Labute approximate surface area is 87.1 Å². The first kappa shape index (κ1) is 9.78. The highest BCUT2D eigenvalue weighted by molar-refractivity contribution is 4.94. The van der Waals surface area contributed by atoms with Crippen molar-refractivity contribution in [1.29, 1.82) is 0 Å². The third-order valence-corrected chi connectivity index (χ3v) is 2.05. The number of aryl methyl sites for hydroxylation is 1. The summed E-state index contributed by atoms with van der Waals surface area (Å²) in [5, 5.41) is 18.8. The summed E-state index contributed by atoms with van der Waals surface area (Å²) in [4.78, 5) is 0. The molecule has 2 aromatic rings. The van der Waals surface area contributed by atoms with Gasteiger partial charge in [0.15, 0.2) is 5.82 Å². The van der Waals surface area contributed by atoms with Crippen molar-refractivity contribution in [2.75, 3.05) is 7.05 Å². The van der Waals surface area contributed by atoms with Crippen LogP contribution in [0, 0.1) is 0 Å². The Hall–Kier alpha value is -1.76. The topological polar surface area (TPSA) is 73.5 Å². The van der Waals surface area contributed by atoms with E-state index in [0.29, 0.717) is 6.54 Å². The second-order valence-corrected chi connectivity index (χ2v) is 3.30. The van der Waals surface area contributed by atoms with Crippen molar-refractivity contribution in [2.45, 2.75) is 13.1 Å². The molecular weight excluding hydrogens is 194 g/mol. The van der Waals surface area contributed by atoms with Gasteiger partial charge in [0.1, 0.15) is 12.9 Å². The van der Waals surface area contributed by atoms with Gasteiger partial charge >= 0.3 is 0 Å². The van der Waals surface area contributed by atoms with Crippen LogP contribution in [0.5, 0.6) is 0 Å². The predicted octanol–water partition coefficient (Wildman–Crippen LogP) is -0.826. The van der Waals surface area contributed by atoms with Gasteiger partial charge in [-0.25, -0.2) is 4.68 Å². The molecule has 0 radical (unpaired) electrons. The Morgan fingerprint density at radius 3 is 2.93 bits per heavy atom. The molecule has 2 rings (SSSR count). The molecule has 7 nitrogen and oxygen atoms in total. The Morgan fingerprint density at radius 2 is 2.27 bits per heavy atom. The largest absolute Gasteiger partial charge is 0.319 e. The summed E-state index contributed by atoms with van der Waals surface area (Å²) in [6.45, 7) is 1.31. The summed E-state index contributed by atoms with van der Waals surface area (Å²) in [6.07, 6.45) is 3.56. The molecule has 0 bridgehead atoms. The normalized spacial score (nSPS) is 10.8. The fourth-order valence-electron chi connectivity index (χ4n) is 1.27. The van der Waals surface area contributed by atoms with Gasteiger partial charge in [-0.05, 0) is 7.05 Å². The zero-order valence-corrected chi connectivity index (χ0v) is 8.75. The summed E-state index contributed by atoms with van der Waals surface area (Å²) in [7, 11) is 3.78. The SMILES string of the molecule is CNCc1cn(Cc2nncn2C)nn1. The molecule has 15 heavy (non-hydrogen) atoms. The van der Waals surface area contributed by atoms with Crippen LogP contribution in [0.3, 0.4) is 0 Å². The monoisotopic (exact) mass is 207 g/mol. The average Bonchev–Trinajstić information content (AvgIpc) is 2.79. The summed E-state index contributed by atoms with van der Waals surface area (Å²) < 4.78 is 3.61. The fourth-order valence-corrected chi connectivity index (χ4v) is 1.27. The highest BCUT2D eigenvalue weighted by Gasteiger charge is 2.04. The number of hydrogen-bond acceptors (Lipinski definition) is 5. The number of aromatic nitrogens is 6. The first-order valence-electron chi connectivity index (χ1n) is 4.66. The molecule has 0 aromatic carbocycles. The maximum Gasteiger partial charge on any atom is 0.154 e. The van der Waals surface area contributed by atoms with Crippen LogP contribution in [0.15, 0.2) is 12.5 Å². The van der Waals surface area contributed by atoms with E-state index in [-0.39, 0.29) is 0 Å². The molecule has 0 amide bonds. The maximum absolute atomic E-state index is 4.01. The third-order valence-electron chi connectivity index (χ3n) is 2.05. The summed E-state index contributed by atoms with van der Waals surface area (Å²) in [6, 6.07) is 0. The minimum Gasteiger partial charge on any atom is -0.319 e. The molecule has 0 unspecified atom stereocenters. The lowest BCUT2D eigenvalue weighted by atomic mass is 10.5. The zero-order chi connectivity index (χ0) is 10.7. The van der Waals surface area contributed by atoms with E-state index in [1.807, 2.05) is 24.9 Å². The molecule has 0 atom stereocenters. The van der Waals surface area contributed by atoms with Gasteiger partial charge < -0.3 is 9.88 Å². The molecule has 0 aliphatic carbocycles. The van der Waals surface area contributed by atoms with Gasteiger partial charge in [0.05, 0.1) is 11.9 Å². The van der Waals surface area contributed by atoms with Crippen molar-refractivity contribution in [3.63, 3.8) is 0 Å². The minimum absolute atomic E-state index is 0.590. The summed E-state index contributed by atoms with van der Waals surface area (Å²) in [5.41, 5.74) is 0.916. The molecule has 0 saturated carbocycles. The molecule has 80 valence electrons. The van der Waals surface area contributed by atoms with Crippen molar-refractivity contribution in [1.82, 2.24) is 35.1 Å². The second kappa shape index (κ2) is 4.18. The molecule has 0 spiro atoms. The molecule has 0 aliphatic rings. The van der Waals surface area contributed by atoms with E-state index in [9.17, 15) is 0 Å². The number of nitrogens with one attached hydrogen (secondary N) is 1. The van der Waals surface area contributed by atoms with Crippen LogP contribution in [0.25, 0.3) is 0 Å². The lowest BCUT2D eigenvalue weighted by Crippen LogP contribution is -2.06. The molecule has 0 saturated heterocycles. The quantitative estimate of drug-likeness (QED) is 0.708. The molecule has 7 heteroatoms. The number of hydrogen-bond donors (Lipinski definition) is 1.